The van der Waals surface area contributed by atoms with Crippen molar-refractivity contribution in [1.29, 1.82) is 0 Å². The van der Waals surface area contributed by atoms with Crippen LogP contribution in [0.4, 0.5) is 0 Å². The van der Waals surface area contributed by atoms with Crippen molar-refractivity contribution >= 4 is 11.1 Å². The van der Waals surface area contributed by atoms with Crippen molar-refractivity contribution in [3.8, 4) is 0 Å². The van der Waals surface area contributed by atoms with Crippen molar-refractivity contribution in [2.45, 2.75) is 13.8 Å². The van der Waals surface area contributed by atoms with Crippen LogP contribution >= 0.6 is 0 Å². The second kappa shape index (κ2) is 2.01. The van der Waals surface area contributed by atoms with E-state index >= 15 is 0 Å². The molecule has 15 heavy (non-hydrogen) atoms. The third-order valence-electron chi connectivity index (χ3n) is 4.02. The van der Waals surface area contributed by atoms with Crippen LogP contribution in [0.15, 0.2) is 47.6 Å². The first-order valence-corrected chi connectivity index (χ1v) is 5.49. The molecule has 0 fully saturated rings. The van der Waals surface area contributed by atoms with Crippen LogP contribution in [0.25, 0.3) is 11.1 Å². The van der Waals surface area contributed by atoms with Crippen molar-refractivity contribution < 1.29 is 0 Å². The molecule has 0 nitrogen and oxygen atoms in total. The van der Waals surface area contributed by atoms with Gasteiger partial charge in [-0.2, -0.15) is 0 Å². The smallest absolute Gasteiger partial charge is 0.0159 e. The molecule has 0 unspecified atom stereocenters. The second-order valence-electron chi connectivity index (χ2n) is 5.08. The Kier molecular flexibility index (Phi) is 1.03. The van der Waals surface area contributed by atoms with Gasteiger partial charge in [0.1, 0.15) is 0 Å². The van der Waals surface area contributed by atoms with Crippen molar-refractivity contribution in [1.82, 2.24) is 0 Å². The fraction of sp³-hybridized carbons (Fsp3) is 0.200. The van der Waals surface area contributed by atoms with Crippen LogP contribution in [0.1, 0.15) is 25.0 Å². The molecule has 0 spiro atoms. The minimum Gasteiger partial charge on any atom is -0.0616 e. The molecule has 0 saturated carbocycles. The minimum atomic E-state index is 0.254. The van der Waals surface area contributed by atoms with E-state index in [-0.39, 0.29) is 5.41 Å². The lowest BCUT2D eigenvalue weighted by Crippen LogP contribution is -2.07. The Morgan fingerprint density at radius 1 is 0.800 bits per heavy atom. The Balaban J connectivity index is 2.15. The van der Waals surface area contributed by atoms with E-state index in [4.69, 9.17) is 0 Å². The lowest BCUT2D eigenvalue weighted by molar-refractivity contribution is 0.596. The van der Waals surface area contributed by atoms with E-state index in [0.29, 0.717) is 0 Å². The fourth-order valence-electron chi connectivity index (χ4n) is 3.21. The van der Waals surface area contributed by atoms with Crippen LogP contribution in [-0.4, -0.2) is 0 Å². The monoisotopic (exact) mass is 192 g/mol. The third-order valence-corrected chi connectivity index (χ3v) is 4.02. The molecule has 0 saturated heterocycles. The fourth-order valence-corrected chi connectivity index (χ4v) is 3.21. The first kappa shape index (κ1) is 7.70. The molecule has 0 atom stereocenters. The Labute approximate surface area is 89.6 Å². The summed E-state index contributed by atoms with van der Waals surface area (Å²) in [5.74, 6) is 0. The van der Waals surface area contributed by atoms with Gasteiger partial charge in [0.2, 0.25) is 0 Å². The van der Waals surface area contributed by atoms with E-state index < -0.39 is 0 Å². The van der Waals surface area contributed by atoms with Crippen LogP contribution in [0.5, 0.6) is 0 Å². The third kappa shape index (κ3) is 0.629. The van der Waals surface area contributed by atoms with E-state index in [1.165, 1.54) is 33.4 Å². The van der Waals surface area contributed by atoms with Gasteiger partial charge < -0.3 is 0 Å². The first-order valence-electron chi connectivity index (χ1n) is 5.49. The second-order valence-corrected chi connectivity index (χ2v) is 5.08. The maximum Gasteiger partial charge on any atom is 0.0159 e. The van der Waals surface area contributed by atoms with Crippen molar-refractivity contribution in [2.24, 2.45) is 5.41 Å². The summed E-state index contributed by atoms with van der Waals surface area (Å²) in [6.45, 7) is 4.66. The largest absolute Gasteiger partial charge is 0.0616 e. The zero-order valence-electron chi connectivity index (χ0n) is 8.96. The summed E-state index contributed by atoms with van der Waals surface area (Å²) in [7, 11) is 0. The molecule has 2 bridgehead atoms. The van der Waals surface area contributed by atoms with Gasteiger partial charge in [-0.25, -0.2) is 0 Å². The van der Waals surface area contributed by atoms with Crippen LogP contribution in [0, 0.1) is 5.41 Å². The van der Waals surface area contributed by atoms with Crippen molar-refractivity contribution in [3.63, 3.8) is 0 Å². The van der Waals surface area contributed by atoms with Gasteiger partial charge >= 0.3 is 0 Å². The van der Waals surface area contributed by atoms with Gasteiger partial charge in [0.05, 0.1) is 0 Å². The van der Waals surface area contributed by atoms with Crippen LogP contribution in [-0.2, 0) is 0 Å². The highest BCUT2D eigenvalue weighted by atomic mass is 14.5. The lowest BCUT2D eigenvalue weighted by Gasteiger charge is -2.27. The number of fused-ring (bicyclic) bond motifs is 6. The molecule has 0 aliphatic heterocycles. The van der Waals surface area contributed by atoms with Gasteiger partial charge in [0, 0.05) is 5.41 Å². The Morgan fingerprint density at radius 2 is 1.27 bits per heavy atom. The summed E-state index contributed by atoms with van der Waals surface area (Å²) in [4.78, 5) is 0. The molecular formula is C15H12. The molecule has 3 aliphatic carbocycles. The number of hydrogen-bond donors (Lipinski definition) is 0. The van der Waals surface area contributed by atoms with E-state index in [2.05, 4.69) is 50.3 Å². The number of hydrogen-bond acceptors (Lipinski definition) is 0. The van der Waals surface area contributed by atoms with E-state index in [9.17, 15) is 0 Å². The average Bonchev–Trinajstić information content (AvgIpc) is 2.58. The SMILES string of the molecule is CC1(C)C2=C3C(=C1C=C2)c1ccccc13. The molecular weight excluding hydrogens is 180 g/mol. The number of rotatable bonds is 0. The summed E-state index contributed by atoms with van der Waals surface area (Å²) in [6.07, 6.45) is 4.59. The highest BCUT2D eigenvalue weighted by molar-refractivity contribution is 6.23. The van der Waals surface area contributed by atoms with E-state index in [0.717, 1.165) is 0 Å². The van der Waals surface area contributed by atoms with Gasteiger partial charge in [-0.3, -0.25) is 0 Å². The summed E-state index contributed by atoms with van der Waals surface area (Å²) in [6, 6.07) is 8.76. The van der Waals surface area contributed by atoms with Gasteiger partial charge in [-0.15, -0.1) is 0 Å². The maximum atomic E-state index is 2.33. The predicted octanol–water partition coefficient (Wildman–Crippen LogP) is 3.82. The summed E-state index contributed by atoms with van der Waals surface area (Å²) < 4.78 is 0. The molecule has 3 aliphatic rings. The normalized spacial score (nSPS) is 23.1. The average molecular weight is 192 g/mol. The summed E-state index contributed by atoms with van der Waals surface area (Å²) >= 11 is 0. The Morgan fingerprint density at radius 3 is 1.73 bits per heavy atom. The van der Waals surface area contributed by atoms with Crippen LogP contribution in [0.2, 0.25) is 0 Å². The summed E-state index contributed by atoms with van der Waals surface area (Å²) in [5.41, 5.74) is 9.24. The Hall–Kier alpha value is -1.56. The summed E-state index contributed by atoms with van der Waals surface area (Å²) in [5, 5.41) is 0. The quantitative estimate of drug-likeness (QED) is 0.586. The van der Waals surface area contributed by atoms with Crippen LogP contribution in [0.3, 0.4) is 0 Å². The molecule has 72 valence electrons. The molecule has 0 aromatic heterocycles. The highest BCUT2D eigenvalue weighted by Gasteiger charge is 2.46. The molecule has 4 rings (SSSR count). The van der Waals surface area contributed by atoms with Crippen molar-refractivity contribution in [3.05, 3.63) is 58.7 Å². The maximum absolute atomic E-state index is 2.33. The molecule has 0 heteroatoms. The predicted molar refractivity (Wildman–Crippen MR) is 63.2 cm³/mol. The number of allylic oxidation sites excluding steroid dienone is 6. The standard InChI is InChI=1S/C15H12/c1-15(2)11-7-8-12(15)14-10-6-4-3-5-9(10)13(11)14/h3-8H,1-2H3. The minimum absolute atomic E-state index is 0.254. The molecule has 1 aromatic rings. The van der Waals surface area contributed by atoms with Gasteiger partial charge in [0.15, 0.2) is 0 Å². The first-order chi connectivity index (χ1) is 7.21. The van der Waals surface area contributed by atoms with Gasteiger partial charge in [-0.1, -0.05) is 50.3 Å². The zero-order chi connectivity index (χ0) is 10.2. The van der Waals surface area contributed by atoms with Crippen LogP contribution < -0.4 is 0 Å². The zero-order valence-corrected chi connectivity index (χ0v) is 8.96. The van der Waals surface area contributed by atoms with E-state index in [1.54, 1.807) is 0 Å². The molecule has 1 aromatic carbocycles. The molecule has 0 N–H and O–H groups in total. The van der Waals surface area contributed by atoms with Crippen molar-refractivity contribution in [2.75, 3.05) is 0 Å². The molecule has 0 heterocycles. The molecule has 0 amide bonds. The lowest BCUT2D eigenvalue weighted by atomic mass is 9.76. The van der Waals surface area contributed by atoms with Gasteiger partial charge in [-0.05, 0) is 33.4 Å². The van der Waals surface area contributed by atoms with Gasteiger partial charge in [0.25, 0.3) is 0 Å². The topological polar surface area (TPSA) is 0 Å². The number of benzene rings is 1. The Bertz CT molecular complexity index is 541. The van der Waals surface area contributed by atoms with E-state index in [1.807, 2.05) is 0 Å². The highest BCUT2D eigenvalue weighted by Crippen LogP contribution is 2.63. The molecule has 0 radical (unpaired) electrons.